The molecule has 1 N–H and O–H groups in total. The number of nitrogens with one attached hydrogen (secondary N) is 1. The zero-order valence-electron chi connectivity index (χ0n) is 21.1. The second-order valence-electron chi connectivity index (χ2n) is 9.96. The summed E-state index contributed by atoms with van der Waals surface area (Å²) < 4.78 is 12.4. The van der Waals surface area contributed by atoms with Crippen molar-refractivity contribution in [1.29, 1.82) is 0 Å². The van der Waals surface area contributed by atoms with Crippen molar-refractivity contribution in [3.8, 4) is 11.5 Å². The Morgan fingerprint density at radius 3 is 2.69 bits per heavy atom. The van der Waals surface area contributed by atoms with Gasteiger partial charge >= 0.3 is 0 Å². The van der Waals surface area contributed by atoms with Crippen LogP contribution in [0, 0.1) is 0 Å². The molecule has 0 amide bonds. The van der Waals surface area contributed by atoms with Crippen LogP contribution < -0.4 is 14.8 Å². The first-order chi connectivity index (χ1) is 16.6. The average molecular weight is 495 g/mol. The summed E-state index contributed by atoms with van der Waals surface area (Å²) in [5.74, 6) is 1.85. The third-order valence-electron chi connectivity index (χ3n) is 6.21. The van der Waals surface area contributed by atoms with Crippen LogP contribution in [0.15, 0.2) is 29.7 Å². The first kappa shape index (κ1) is 23.5. The Bertz CT molecular complexity index is 1450. The highest BCUT2D eigenvalue weighted by Crippen LogP contribution is 2.44. The molecule has 0 aliphatic carbocycles. The Kier molecular flexibility index (Phi) is 5.68. The molecule has 1 aromatic carbocycles. The molecule has 5 rings (SSSR count). The summed E-state index contributed by atoms with van der Waals surface area (Å²) in [7, 11) is 3.21. The zero-order chi connectivity index (χ0) is 25.0. The molecule has 4 aromatic rings. The molecule has 10 heteroatoms. The van der Waals surface area contributed by atoms with Crippen molar-refractivity contribution in [2.75, 3.05) is 14.2 Å². The van der Waals surface area contributed by atoms with Crippen molar-refractivity contribution in [3.63, 3.8) is 0 Å². The van der Waals surface area contributed by atoms with Crippen LogP contribution in [0.5, 0.6) is 11.5 Å². The van der Waals surface area contributed by atoms with Crippen LogP contribution in [-0.2, 0) is 23.4 Å². The lowest BCUT2D eigenvalue weighted by molar-refractivity contribution is 0.125. The molecule has 1 aliphatic heterocycles. The Balaban J connectivity index is 1.43. The molecule has 0 radical (unpaired) electrons. The number of thiophene rings is 1. The molecule has 0 fully saturated rings. The van der Waals surface area contributed by atoms with Crippen molar-refractivity contribution in [2.24, 2.45) is 5.16 Å². The van der Waals surface area contributed by atoms with Crippen LogP contribution in [0.25, 0.3) is 15.9 Å². The van der Waals surface area contributed by atoms with Gasteiger partial charge in [-0.05, 0) is 64.8 Å². The Labute approximate surface area is 208 Å². The van der Waals surface area contributed by atoms with E-state index in [9.17, 15) is 0 Å². The zero-order valence-corrected chi connectivity index (χ0v) is 21.9. The summed E-state index contributed by atoms with van der Waals surface area (Å²) in [4.78, 5) is 17.4. The fraction of sp³-hybridized carbons (Fsp3) is 0.440. The lowest BCUT2D eigenvalue weighted by Gasteiger charge is -2.42. The van der Waals surface area contributed by atoms with E-state index >= 15 is 0 Å². The predicted octanol–water partition coefficient (Wildman–Crippen LogP) is 4.46. The number of ether oxygens (including phenoxy) is 2. The summed E-state index contributed by atoms with van der Waals surface area (Å²) in [6.45, 7) is 10.9. The molecule has 0 spiro atoms. The van der Waals surface area contributed by atoms with E-state index in [1.54, 1.807) is 36.4 Å². The van der Waals surface area contributed by atoms with Crippen LogP contribution in [0.1, 0.15) is 56.4 Å². The topological polar surface area (TPSA) is 95.2 Å². The van der Waals surface area contributed by atoms with E-state index in [4.69, 9.17) is 19.3 Å². The number of aromatic nitrogens is 4. The van der Waals surface area contributed by atoms with Crippen molar-refractivity contribution in [1.82, 2.24) is 24.9 Å². The van der Waals surface area contributed by atoms with Gasteiger partial charge in [-0.3, -0.25) is 0 Å². The molecule has 9 nitrogen and oxygen atoms in total. The number of nitrogens with zero attached hydrogens (tertiary/aromatic N) is 5. The van der Waals surface area contributed by atoms with E-state index in [1.807, 2.05) is 25.1 Å². The van der Waals surface area contributed by atoms with Crippen LogP contribution in [0.4, 0.5) is 0 Å². The number of methoxy groups -OCH3 is 2. The SMILES string of the molecule is COc1ccc(C(C)=NOCc2nc3c4c5c(sc4ncn3n2)C(C)(C)NC(C)(C)C5)cc1OC. The monoisotopic (exact) mass is 494 g/mol. The first-order valence-electron chi connectivity index (χ1n) is 11.5. The van der Waals surface area contributed by atoms with Gasteiger partial charge in [-0.2, -0.15) is 0 Å². The molecular weight excluding hydrogens is 464 g/mol. The smallest absolute Gasteiger partial charge is 0.192 e. The second kappa shape index (κ2) is 8.46. The molecule has 35 heavy (non-hydrogen) atoms. The molecular formula is C25H30N6O3S. The van der Waals surface area contributed by atoms with Gasteiger partial charge in [-0.15, -0.1) is 16.4 Å². The Hall–Kier alpha value is -3.24. The second-order valence-corrected chi connectivity index (χ2v) is 11.0. The lowest BCUT2D eigenvalue weighted by Crippen LogP contribution is -2.54. The number of rotatable bonds is 6. The maximum atomic E-state index is 5.62. The minimum Gasteiger partial charge on any atom is -0.493 e. The fourth-order valence-electron chi connectivity index (χ4n) is 4.92. The van der Waals surface area contributed by atoms with Crippen LogP contribution in [0.2, 0.25) is 0 Å². The molecule has 0 saturated heterocycles. The van der Waals surface area contributed by atoms with E-state index in [0.29, 0.717) is 23.0 Å². The quantitative estimate of drug-likeness (QED) is 0.312. The third kappa shape index (κ3) is 4.21. The van der Waals surface area contributed by atoms with Crippen molar-refractivity contribution >= 4 is 32.9 Å². The lowest BCUT2D eigenvalue weighted by atomic mass is 9.82. The highest BCUT2D eigenvalue weighted by molar-refractivity contribution is 7.19. The van der Waals surface area contributed by atoms with E-state index in [1.165, 1.54) is 10.4 Å². The molecule has 0 unspecified atom stereocenters. The van der Waals surface area contributed by atoms with E-state index in [0.717, 1.165) is 27.8 Å². The Morgan fingerprint density at radius 2 is 1.94 bits per heavy atom. The van der Waals surface area contributed by atoms with E-state index < -0.39 is 0 Å². The average Bonchev–Trinajstić information content (AvgIpc) is 3.38. The molecule has 0 saturated carbocycles. The minimum atomic E-state index is -0.137. The molecule has 1 aliphatic rings. The van der Waals surface area contributed by atoms with Gasteiger partial charge < -0.3 is 19.6 Å². The van der Waals surface area contributed by atoms with Crippen molar-refractivity contribution in [2.45, 2.75) is 58.7 Å². The standard InChI is InChI=1S/C25H30N6O3S/c1-14(15-8-9-17(32-6)18(10-15)33-7)29-34-12-19-27-22-20-16-11-24(2,3)30-25(4,5)21(16)35-23(20)26-13-31(22)28-19/h8-10,13,30H,11-12H2,1-7H3. The summed E-state index contributed by atoms with van der Waals surface area (Å²) in [6.07, 6.45) is 2.63. The van der Waals surface area contributed by atoms with Crippen LogP contribution >= 0.6 is 11.3 Å². The molecule has 4 heterocycles. The largest absolute Gasteiger partial charge is 0.493 e. The van der Waals surface area contributed by atoms with E-state index in [2.05, 4.69) is 48.3 Å². The maximum absolute atomic E-state index is 5.62. The van der Waals surface area contributed by atoms with Gasteiger partial charge in [0.05, 0.1) is 25.3 Å². The Morgan fingerprint density at radius 1 is 1.17 bits per heavy atom. The number of hydrogen-bond donors (Lipinski definition) is 1. The van der Waals surface area contributed by atoms with Gasteiger partial charge in [0.2, 0.25) is 0 Å². The number of fused-ring (bicyclic) bond motifs is 5. The van der Waals surface area contributed by atoms with E-state index in [-0.39, 0.29) is 17.7 Å². The van der Waals surface area contributed by atoms with Crippen molar-refractivity contribution < 1.29 is 14.3 Å². The summed E-state index contributed by atoms with van der Waals surface area (Å²) in [5, 5.41) is 13.7. The third-order valence-corrected chi connectivity index (χ3v) is 7.67. The number of hydrogen-bond acceptors (Lipinski definition) is 9. The van der Waals surface area contributed by atoms with Crippen LogP contribution in [0.3, 0.4) is 0 Å². The molecule has 3 aromatic heterocycles. The van der Waals surface area contributed by atoms with Gasteiger partial charge in [0.1, 0.15) is 11.2 Å². The van der Waals surface area contributed by atoms with Gasteiger partial charge in [0.15, 0.2) is 29.6 Å². The molecule has 0 atom stereocenters. The summed E-state index contributed by atoms with van der Waals surface area (Å²) in [6, 6.07) is 5.62. The van der Waals surface area contributed by atoms with Crippen molar-refractivity contribution in [3.05, 3.63) is 46.4 Å². The predicted molar refractivity (Wildman–Crippen MR) is 137 cm³/mol. The van der Waals surface area contributed by atoms with Gasteiger partial charge in [0.25, 0.3) is 0 Å². The normalized spacial score (nSPS) is 16.9. The van der Waals surface area contributed by atoms with Crippen LogP contribution in [-0.4, -0.2) is 45.1 Å². The summed E-state index contributed by atoms with van der Waals surface area (Å²) >= 11 is 1.73. The number of oxime groups is 1. The fourth-order valence-corrected chi connectivity index (χ4v) is 6.14. The molecule has 0 bridgehead atoms. The summed E-state index contributed by atoms with van der Waals surface area (Å²) in [5.41, 5.74) is 3.53. The highest BCUT2D eigenvalue weighted by Gasteiger charge is 2.39. The first-order valence-corrected chi connectivity index (χ1v) is 12.3. The van der Waals surface area contributed by atoms with Gasteiger partial charge in [0, 0.05) is 21.5 Å². The van der Waals surface area contributed by atoms with Gasteiger partial charge in [-0.1, -0.05) is 5.16 Å². The minimum absolute atomic E-state index is 0.0281. The maximum Gasteiger partial charge on any atom is 0.192 e. The molecule has 184 valence electrons. The highest BCUT2D eigenvalue weighted by atomic mass is 32.1. The number of benzene rings is 1. The van der Waals surface area contributed by atoms with Gasteiger partial charge in [-0.25, -0.2) is 14.5 Å².